The van der Waals surface area contributed by atoms with Gasteiger partial charge >= 0.3 is 6.03 Å². The van der Waals surface area contributed by atoms with Crippen LogP contribution in [0.3, 0.4) is 0 Å². The molecule has 2 heterocycles. The van der Waals surface area contributed by atoms with Crippen molar-refractivity contribution in [2.24, 2.45) is 0 Å². The van der Waals surface area contributed by atoms with Crippen LogP contribution in [0.5, 0.6) is 0 Å². The molecule has 2 N–H and O–H groups in total. The number of hydrogen-bond donors (Lipinski definition) is 2. The molecule has 1 aliphatic rings. The molecule has 0 spiro atoms. The Bertz CT molecular complexity index is 796. The van der Waals surface area contributed by atoms with Crippen LogP contribution in [-0.4, -0.2) is 34.0 Å². The first-order valence-electron chi connectivity index (χ1n) is 8.36. The third-order valence-corrected chi connectivity index (χ3v) is 4.32. The van der Waals surface area contributed by atoms with E-state index in [0.717, 1.165) is 17.7 Å². The number of carbonyl (C=O) groups excluding carboxylic acids is 1. The van der Waals surface area contributed by atoms with Crippen molar-refractivity contribution in [2.45, 2.75) is 33.2 Å². The van der Waals surface area contributed by atoms with Crippen molar-refractivity contribution in [1.82, 2.24) is 20.2 Å². The van der Waals surface area contributed by atoms with Crippen LogP contribution in [0.4, 0.5) is 4.79 Å². The molecule has 0 saturated heterocycles. The second-order valence-corrected chi connectivity index (χ2v) is 5.90. The molecule has 1 aromatic heterocycles. The van der Waals surface area contributed by atoms with Crippen LogP contribution < -0.4 is 10.9 Å². The molecule has 0 bridgehead atoms. The Hall–Kier alpha value is -2.63. The Labute approximate surface area is 140 Å². The Morgan fingerprint density at radius 1 is 1.29 bits per heavy atom. The molecule has 1 aliphatic heterocycles. The summed E-state index contributed by atoms with van der Waals surface area (Å²) in [6, 6.07) is 7.92. The first-order valence-corrected chi connectivity index (χ1v) is 8.36. The lowest BCUT2D eigenvalue weighted by atomic mass is 10.1. The molecule has 2 aromatic rings. The third kappa shape index (κ3) is 3.18. The van der Waals surface area contributed by atoms with E-state index < -0.39 is 0 Å². The molecule has 0 atom stereocenters. The van der Waals surface area contributed by atoms with Crippen molar-refractivity contribution < 1.29 is 4.79 Å². The van der Waals surface area contributed by atoms with Crippen LogP contribution in [-0.2, 0) is 19.4 Å². The second kappa shape index (κ2) is 6.86. The quantitative estimate of drug-likeness (QED) is 0.906. The molecule has 0 radical (unpaired) electrons. The largest absolute Gasteiger partial charge is 0.338 e. The SMILES string of the molecule is CCNC(=O)N1CCc2nc(-c3ccc(CC)cc3)[nH]c(=O)c2C1. The van der Waals surface area contributed by atoms with Gasteiger partial charge in [0, 0.05) is 25.1 Å². The van der Waals surface area contributed by atoms with Crippen molar-refractivity contribution in [3.8, 4) is 11.4 Å². The van der Waals surface area contributed by atoms with Crippen molar-refractivity contribution in [1.29, 1.82) is 0 Å². The highest BCUT2D eigenvalue weighted by Gasteiger charge is 2.24. The van der Waals surface area contributed by atoms with Gasteiger partial charge in [0.1, 0.15) is 5.82 Å². The number of aryl methyl sites for hydroxylation is 1. The van der Waals surface area contributed by atoms with Gasteiger partial charge in [-0.15, -0.1) is 0 Å². The Morgan fingerprint density at radius 2 is 2.04 bits per heavy atom. The van der Waals surface area contributed by atoms with E-state index in [1.807, 2.05) is 31.2 Å². The summed E-state index contributed by atoms with van der Waals surface area (Å²) in [5.41, 5.74) is 3.36. The predicted molar refractivity (Wildman–Crippen MR) is 92.9 cm³/mol. The molecule has 0 saturated carbocycles. The number of nitrogens with zero attached hydrogens (tertiary/aromatic N) is 2. The van der Waals surface area contributed by atoms with Gasteiger partial charge in [0.2, 0.25) is 0 Å². The van der Waals surface area contributed by atoms with E-state index in [2.05, 4.69) is 22.2 Å². The third-order valence-electron chi connectivity index (χ3n) is 4.32. The lowest BCUT2D eigenvalue weighted by molar-refractivity contribution is 0.192. The number of carbonyl (C=O) groups is 1. The van der Waals surface area contributed by atoms with Gasteiger partial charge in [0.15, 0.2) is 0 Å². The number of amides is 2. The van der Waals surface area contributed by atoms with E-state index in [1.165, 1.54) is 5.56 Å². The van der Waals surface area contributed by atoms with Crippen LogP contribution in [0.1, 0.15) is 30.7 Å². The molecule has 126 valence electrons. The Kier molecular flexibility index (Phi) is 4.64. The maximum Gasteiger partial charge on any atom is 0.317 e. The summed E-state index contributed by atoms with van der Waals surface area (Å²) in [6.45, 7) is 5.43. The monoisotopic (exact) mass is 326 g/mol. The zero-order chi connectivity index (χ0) is 17.1. The van der Waals surface area contributed by atoms with Crippen LogP contribution in [0.15, 0.2) is 29.1 Å². The number of rotatable bonds is 3. The minimum Gasteiger partial charge on any atom is -0.338 e. The summed E-state index contributed by atoms with van der Waals surface area (Å²) in [6.07, 6.45) is 1.57. The lowest BCUT2D eigenvalue weighted by Crippen LogP contribution is -2.44. The molecule has 24 heavy (non-hydrogen) atoms. The van der Waals surface area contributed by atoms with Gasteiger partial charge < -0.3 is 15.2 Å². The highest BCUT2D eigenvalue weighted by Crippen LogP contribution is 2.19. The number of urea groups is 1. The van der Waals surface area contributed by atoms with Crippen LogP contribution >= 0.6 is 0 Å². The average Bonchev–Trinajstić information content (AvgIpc) is 2.61. The van der Waals surface area contributed by atoms with Crippen LogP contribution in [0.25, 0.3) is 11.4 Å². The van der Waals surface area contributed by atoms with Crippen molar-refractivity contribution in [3.63, 3.8) is 0 Å². The highest BCUT2D eigenvalue weighted by molar-refractivity contribution is 5.74. The van der Waals surface area contributed by atoms with E-state index in [9.17, 15) is 9.59 Å². The summed E-state index contributed by atoms with van der Waals surface area (Å²) in [5.74, 6) is 0.591. The summed E-state index contributed by atoms with van der Waals surface area (Å²) >= 11 is 0. The molecule has 0 fully saturated rings. The summed E-state index contributed by atoms with van der Waals surface area (Å²) in [4.78, 5) is 33.5. The fourth-order valence-corrected chi connectivity index (χ4v) is 2.90. The topological polar surface area (TPSA) is 78.1 Å². The Balaban J connectivity index is 1.89. The van der Waals surface area contributed by atoms with Gasteiger partial charge in [-0.2, -0.15) is 0 Å². The average molecular weight is 326 g/mol. The molecule has 0 aliphatic carbocycles. The molecule has 6 heteroatoms. The fraction of sp³-hybridized carbons (Fsp3) is 0.389. The van der Waals surface area contributed by atoms with Gasteiger partial charge in [-0.25, -0.2) is 9.78 Å². The number of hydrogen-bond acceptors (Lipinski definition) is 3. The Morgan fingerprint density at radius 3 is 2.71 bits per heavy atom. The molecule has 2 amide bonds. The van der Waals surface area contributed by atoms with Gasteiger partial charge in [0.25, 0.3) is 5.56 Å². The second-order valence-electron chi connectivity index (χ2n) is 5.90. The van der Waals surface area contributed by atoms with Crippen LogP contribution in [0.2, 0.25) is 0 Å². The fourth-order valence-electron chi connectivity index (χ4n) is 2.90. The van der Waals surface area contributed by atoms with E-state index in [4.69, 9.17) is 0 Å². The van der Waals surface area contributed by atoms with E-state index >= 15 is 0 Å². The first kappa shape index (κ1) is 16.2. The smallest absolute Gasteiger partial charge is 0.317 e. The van der Waals surface area contributed by atoms with Gasteiger partial charge in [-0.1, -0.05) is 31.2 Å². The summed E-state index contributed by atoms with van der Waals surface area (Å²) < 4.78 is 0. The normalized spacial score (nSPS) is 13.5. The van der Waals surface area contributed by atoms with E-state index in [-0.39, 0.29) is 11.6 Å². The number of benzene rings is 1. The molecule has 6 nitrogen and oxygen atoms in total. The molecule has 0 unspecified atom stereocenters. The molecular weight excluding hydrogens is 304 g/mol. The minimum absolute atomic E-state index is 0.137. The van der Waals surface area contributed by atoms with Gasteiger partial charge in [-0.3, -0.25) is 4.79 Å². The van der Waals surface area contributed by atoms with Crippen molar-refractivity contribution >= 4 is 6.03 Å². The van der Waals surface area contributed by atoms with Crippen molar-refractivity contribution in [3.05, 3.63) is 51.4 Å². The summed E-state index contributed by atoms with van der Waals surface area (Å²) in [7, 11) is 0. The number of aromatic amines is 1. The van der Waals surface area contributed by atoms with E-state index in [1.54, 1.807) is 4.90 Å². The predicted octanol–water partition coefficient (Wildman–Crippen LogP) is 2.09. The molecule has 1 aromatic carbocycles. The molecular formula is C18H22N4O2. The number of aromatic nitrogens is 2. The highest BCUT2D eigenvalue weighted by atomic mass is 16.2. The van der Waals surface area contributed by atoms with Gasteiger partial charge in [0.05, 0.1) is 17.8 Å². The zero-order valence-electron chi connectivity index (χ0n) is 14.1. The van der Waals surface area contributed by atoms with Crippen molar-refractivity contribution in [2.75, 3.05) is 13.1 Å². The number of nitrogens with one attached hydrogen (secondary N) is 2. The molecule has 3 rings (SSSR count). The number of H-pyrrole nitrogens is 1. The summed E-state index contributed by atoms with van der Waals surface area (Å²) in [5, 5.41) is 2.77. The van der Waals surface area contributed by atoms with E-state index in [0.29, 0.717) is 37.4 Å². The minimum atomic E-state index is -0.163. The van der Waals surface area contributed by atoms with Crippen LogP contribution in [0, 0.1) is 0 Å². The lowest BCUT2D eigenvalue weighted by Gasteiger charge is -2.27. The first-order chi connectivity index (χ1) is 11.6. The maximum atomic E-state index is 12.5. The standard InChI is InChI=1S/C18H22N4O2/c1-3-12-5-7-13(8-6-12)16-20-15-9-10-22(18(24)19-4-2)11-14(15)17(23)21-16/h5-8H,3-4,9-11H2,1-2H3,(H,19,24)(H,20,21,23). The maximum absolute atomic E-state index is 12.5. The zero-order valence-corrected chi connectivity index (χ0v) is 14.1. The van der Waals surface area contributed by atoms with Gasteiger partial charge in [-0.05, 0) is 18.9 Å². The number of fused-ring (bicyclic) bond motifs is 1.